The number of ether oxygens (including phenoxy) is 1. The van der Waals surface area contributed by atoms with Crippen LogP contribution in [0.3, 0.4) is 0 Å². The topological polar surface area (TPSA) is 55.6 Å². The van der Waals surface area contributed by atoms with Gasteiger partial charge in [0.2, 0.25) is 0 Å². The Kier molecular flexibility index (Phi) is 4.58. The monoisotopic (exact) mass is 268 g/mol. The molecule has 0 spiro atoms. The van der Waals surface area contributed by atoms with Crippen LogP contribution in [-0.2, 0) is 4.74 Å². The standard InChI is InChI=1S/C13H17ClN2O2/c14-12-4-2-1-3-11(12)13(17)16-7-8-18-9-10(16)5-6-15/h1-4,10H,5-9,15H2. The molecule has 1 aromatic carbocycles. The second-order valence-electron chi connectivity index (χ2n) is 4.28. The van der Waals surface area contributed by atoms with E-state index in [9.17, 15) is 4.79 Å². The fraction of sp³-hybridized carbons (Fsp3) is 0.462. The Hall–Kier alpha value is -1.10. The molecule has 1 fully saturated rings. The zero-order valence-corrected chi connectivity index (χ0v) is 10.9. The van der Waals surface area contributed by atoms with Crippen molar-refractivity contribution in [2.45, 2.75) is 12.5 Å². The molecule has 1 unspecified atom stereocenters. The second kappa shape index (κ2) is 6.18. The summed E-state index contributed by atoms with van der Waals surface area (Å²) in [6, 6.07) is 7.16. The van der Waals surface area contributed by atoms with Crippen molar-refractivity contribution in [1.82, 2.24) is 4.90 Å². The van der Waals surface area contributed by atoms with Gasteiger partial charge in [0.25, 0.3) is 5.91 Å². The van der Waals surface area contributed by atoms with Gasteiger partial charge in [-0.2, -0.15) is 0 Å². The number of nitrogens with two attached hydrogens (primary N) is 1. The summed E-state index contributed by atoms with van der Waals surface area (Å²) in [5, 5.41) is 0.487. The summed E-state index contributed by atoms with van der Waals surface area (Å²) in [6.07, 6.45) is 0.746. The third-order valence-electron chi connectivity index (χ3n) is 3.09. The molecule has 1 heterocycles. The van der Waals surface area contributed by atoms with Crippen LogP contribution < -0.4 is 5.73 Å². The zero-order chi connectivity index (χ0) is 13.0. The van der Waals surface area contributed by atoms with Gasteiger partial charge >= 0.3 is 0 Å². The van der Waals surface area contributed by atoms with E-state index in [0.29, 0.717) is 36.9 Å². The Morgan fingerprint density at radius 2 is 2.28 bits per heavy atom. The molecule has 98 valence electrons. The molecule has 1 atom stereocenters. The number of benzene rings is 1. The van der Waals surface area contributed by atoms with E-state index < -0.39 is 0 Å². The van der Waals surface area contributed by atoms with Crippen molar-refractivity contribution in [2.24, 2.45) is 5.73 Å². The van der Waals surface area contributed by atoms with Gasteiger partial charge in [0.1, 0.15) is 0 Å². The Balaban J connectivity index is 2.18. The van der Waals surface area contributed by atoms with Crippen molar-refractivity contribution in [2.75, 3.05) is 26.3 Å². The molecule has 1 saturated heterocycles. The van der Waals surface area contributed by atoms with E-state index in [-0.39, 0.29) is 11.9 Å². The Bertz CT molecular complexity index is 423. The molecule has 0 bridgehead atoms. The number of hydrogen-bond acceptors (Lipinski definition) is 3. The van der Waals surface area contributed by atoms with Gasteiger partial charge in [-0.15, -0.1) is 0 Å². The number of rotatable bonds is 3. The highest BCUT2D eigenvalue weighted by Crippen LogP contribution is 2.20. The molecule has 0 radical (unpaired) electrons. The summed E-state index contributed by atoms with van der Waals surface area (Å²) in [7, 11) is 0. The van der Waals surface area contributed by atoms with Gasteiger partial charge < -0.3 is 15.4 Å². The lowest BCUT2D eigenvalue weighted by Gasteiger charge is -2.35. The number of carbonyl (C=O) groups excluding carboxylic acids is 1. The third-order valence-corrected chi connectivity index (χ3v) is 3.42. The smallest absolute Gasteiger partial charge is 0.255 e. The molecule has 18 heavy (non-hydrogen) atoms. The highest BCUT2D eigenvalue weighted by molar-refractivity contribution is 6.33. The molecule has 1 amide bonds. The minimum atomic E-state index is -0.0395. The fourth-order valence-electron chi connectivity index (χ4n) is 2.14. The fourth-order valence-corrected chi connectivity index (χ4v) is 2.36. The average molecular weight is 269 g/mol. The molecule has 4 nitrogen and oxygen atoms in total. The first kappa shape index (κ1) is 13.3. The van der Waals surface area contributed by atoms with Crippen LogP contribution in [0.2, 0.25) is 5.02 Å². The minimum absolute atomic E-state index is 0.0395. The van der Waals surface area contributed by atoms with Gasteiger partial charge in [0.05, 0.1) is 29.8 Å². The first-order chi connectivity index (χ1) is 8.74. The van der Waals surface area contributed by atoms with Gasteiger partial charge in [-0.05, 0) is 25.1 Å². The first-order valence-corrected chi connectivity index (χ1v) is 6.45. The summed E-state index contributed by atoms with van der Waals surface area (Å²) in [5.41, 5.74) is 6.12. The summed E-state index contributed by atoms with van der Waals surface area (Å²) >= 11 is 6.06. The molecule has 2 rings (SSSR count). The molecule has 1 aliphatic heterocycles. The average Bonchev–Trinajstić information content (AvgIpc) is 2.40. The van der Waals surface area contributed by atoms with Gasteiger partial charge in [-0.25, -0.2) is 0 Å². The number of nitrogens with zero attached hydrogens (tertiary/aromatic N) is 1. The molecular weight excluding hydrogens is 252 g/mol. The Morgan fingerprint density at radius 3 is 3.00 bits per heavy atom. The highest BCUT2D eigenvalue weighted by Gasteiger charge is 2.28. The van der Waals surface area contributed by atoms with Gasteiger partial charge in [-0.3, -0.25) is 4.79 Å². The third kappa shape index (κ3) is 2.83. The molecule has 1 aromatic rings. The predicted molar refractivity (Wildman–Crippen MR) is 70.8 cm³/mol. The molecule has 0 saturated carbocycles. The normalized spacial score (nSPS) is 19.9. The van der Waals surface area contributed by atoms with Crippen LogP contribution in [0, 0.1) is 0 Å². The van der Waals surface area contributed by atoms with E-state index in [1.165, 1.54) is 0 Å². The lowest BCUT2D eigenvalue weighted by atomic mass is 10.1. The summed E-state index contributed by atoms with van der Waals surface area (Å²) in [5.74, 6) is -0.0395. The predicted octanol–water partition coefficient (Wildman–Crippen LogP) is 1.53. The van der Waals surface area contributed by atoms with E-state index in [0.717, 1.165) is 6.42 Å². The summed E-state index contributed by atoms with van der Waals surface area (Å²) in [4.78, 5) is 14.3. The highest BCUT2D eigenvalue weighted by atomic mass is 35.5. The zero-order valence-electron chi connectivity index (χ0n) is 10.1. The quantitative estimate of drug-likeness (QED) is 0.905. The van der Waals surface area contributed by atoms with Crippen LogP contribution in [0.4, 0.5) is 0 Å². The molecule has 1 aliphatic rings. The van der Waals surface area contributed by atoms with E-state index in [1.54, 1.807) is 12.1 Å². The number of carbonyl (C=O) groups is 1. The summed E-state index contributed by atoms with van der Waals surface area (Å²) in [6.45, 7) is 2.25. The van der Waals surface area contributed by atoms with Crippen molar-refractivity contribution >= 4 is 17.5 Å². The maximum atomic E-state index is 12.5. The Morgan fingerprint density at radius 1 is 1.50 bits per heavy atom. The van der Waals surface area contributed by atoms with Crippen LogP contribution in [0.25, 0.3) is 0 Å². The van der Waals surface area contributed by atoms with Gasteiger partial charge in [0, 0.05) is 6.54 Å². The SMILES string of the molecule is NCCC1COCCN1C(=O)c1ccccc1Cl. The molecule has 5 heteroatoms. The number of amides is 1. The first-order valence-electron chi connectivity index (χ1n) is 6.07. The van der Waals surface area contributed by atoms with Gasteiger partial charge in [-0.1, -0.05) is 23.7 Å². The van der Waals surface area contributed by atoms with E-state index >= 15 is 0 Å². The van der Waals surface area contributed by atoms with Crippen LogP contribution in [0.15, 0.2) is 24.3 Å². The van der Waals surface area contributed by atoms with Crippen LogP contribution in [-0.4, -0.2) is 43.2 Å². The molecule has 0 aliphatic carbocycles. The lowest BCUT2D eigenvalue weighted by Crippen LogP contribution is -2.49. The van der Waals surface area contributed by atoms with Crippen molar-refractivity contribution in [3.05, 3.63) is 34.9 Å². The summed E-state index contributed by atoms with van der Waals surface area (Å²) < 4.78 is 5.40. The van der Waals surface area contributed by atoms with Crippen LogP contribution in [0.5, 0.6) is 0 Å². The molecule has 2 N–H and O–H groups in total. The van der Waals surface area contributed by atoms with Crippen LogP contribution in [0.1, 0.15) is 16.8 Å². The largest absolute Gasteiger partial charge is 0.377 e. The number of halogens is 1. The maximum absolute atomic E-state index is 12.5. The van der Waals surface area contributed by atoms with Crippen molar-refractivity contribution in [3.8, 4) is 0 Å². The number of morpholine rings is 1. The van der Waals surface area contributed by atoms with Gasteiger partial charge in [0.15, 0.2) is 0 Å². The van der Waals surface area contributed by atoms with E-state index in [2.05, 4.69) is 0 Å². The number of hydrogen-bond donors (Lipinski definition) is 1. The minimum Gasteiger partial charge on any atom is -0.377 e. The maximum Gasteiger partial charge on any atom is 0.255 e. The second-order valence-corrected chi connectivity index (χ2v) is 4.69. The van der Waals surface area contributed by atoms with Crippen LogP contribution >= 0.6 is 11.6 Å². The Labute approximate surface area is 112 Å². The lowest BCUT2D eigenvalue weighted by molar-refractivity contribution is -0.00343. The molecule has 0 aromatic heterocycles. The van der Waals surface area contributed by atoms with E-state index in [4.69, 9.17) is 22.1 Å². The van der Waals surface area contributed by atoms with Crippen molar-refractivity contribution in [3.63, 3.8) is 0 Å². The van der Waals surface area contributed by atoms with Crippen molar-refractivity contribution < 1.29 is 9.53 Å². The molecular formula is C13H17ClN2O2. The van der Waals surface area contributed by atoms with Crippen molar-refractivity contribution in [1.29, 1.82) is 0 Å². The van der Waals surface area contributed by atoms with E-state index in [1.807, 2.05) is 17.0 Å².